The molecule has 0 radical (unpaired) electrons. The topological polar surface area (TPSA) is 77.6 Å². The molecule has 0 aliphatic carbocycles. The zero-order chi connectivity index (χ0) is 17.4. The summed E-state index contributed by atoms with van der Waals surface area (Å²) in [6, 6.07) is 0.00889. The van der Waals surface area contributed by atoms with Gasteiger partial charge in [-0.2, -0.15) is 5.10 Å². The van der Waals surface area contributed by atoms with Crippen molar-refractivity contribution in [2.24, 2.45) is 13.0 Å². The van der Waals surface area contributed by atoms with Crippen molar-refractivity contribution in [3.8, 4) is 0 Å². The predicted molar refractivity (Wildman–Crippen MR) is 90.4 cm³/mol. The molecule has 3 rings (SSSR count). The molecule has 0 saturated heterocycles. The molecule has 2 aromatic heterocycles. The normalized spacial score (nSPS) is 18.3. The number of nitrogens with zero attached hydrogens (tertiary/aromatic N) is 5. The van der Waals surface area contributed by atoms with E-state index < -0.39 is 0 Å². The van der Waals surface area contributed by atoms with Crippen LogP contribution in [0.15, 0.2) is 0 Å². The van der Waals surface area contributed by atoms with Crippen molar-refractivity contribution in [2.75, 3.05) is 0 Å². The van der Waals surface area contributed by atoms with E-state index in [4.69, 9.17) is 0 Å². The second-order valence-electron chi connectivity index (χ2n) is 6.69. The van der Waals surface area contributed by atoms with Crippen molar-refractivity contribution in [3.63, 3.8) is 0 Å². The Balaban J connectivity index is 1.75. The number of carbonyl (C=O) groups is 1. The molecule has 0 spiro atoms. The highest BCUT2D eigenvalue weighted by atomic mass is 16.2. The van der Waals surface area contributed by atoms with E-state index in [1.165, 1.54) is 0 Å². The van der Waals surface area contributed by atoms with Crippen molar-refractivity contribution in [3.05, 3.63) is 28.6 Å². The van der Waals surface area contributed by atoms with Gasteiger partial charge in [0.05, 0.1) is 17.7 Å². The van der Waals surface area contributed by atoms with Crippen molar-refractivity contribution >= 4 is 5.91 Å². The Labute approximate surface area is 142 Å². The van der Waals surface area contributed by atoms with Gasteiger partial charge in [-0.25, -0.2) is 0 Å². The van der Waals surface area contributed by atoms with Gasteiger partial charge < -0.3 is 9.88 Å². The maximum Gasteiger partial charge on any atom is 0.225 e. The van der Waals surface area contributed by atoms with Crippen LogP contribution >= 0.6 is 0 Å². The van der Waals surface area contributed by atoms with Crippen LogP contribution < -0.4 is 5.32 Å². The standard InChI is InChI=1S/C17H26N6O/c1-6-14(16-10(2)21-22(5)11(16)3)18-17(24)13-7-8-15-20-19-12(4)23(15)9-13/h13-14H,6-9H2,1-5H3,(H,18,24)/t13-,14-/m0/s1. The van der Waals surface area contributed by atoms with E-state index in [1.807, 2.05) is 25.6 Å². The molecule has 2 aromatic rings. The first-order valence-corrected chi connectivity index (χ1v) is 8.61. The molecule has 1 aliphatic heterocycles. The van der Waals surface area contributed by atoms with Crippen molar-refractivity contribution in [1.29, 1.82) is 0 Å². The number of amides is 1. The molecule has 0 unspecified atom stereocenters. The number of fused-ring (bicyclic) bond motifs is 1. The quantitative estimate of drug-likeness (QED) is 0.927. The first-order valence-electron chi connectivity index (χ1n) is 8.61. The van der Waals surface area contributed by atoms with Crippen LogP contribution in [0.2, 0.25) is 0 Å². The lowest BCUT2D eigenvalue weighted by Crippen LogP contribution is -2.38. The third-order valence-electron chi connectivity index (χ3n) is 5.14. The molecule has 1 N–H and O–H groups in total. The molecule has 0 saturated carbocycles. The summed E-state index contributed by atoms with van der Waals surface area (Å²) in [6.07, 6.45) is 2.48. The molecule has 130 valence electrons. The van der Waals surface area contributed by atoms with Gasteiger partial charge in [-0.1, -0.05) is 6.92 Å². The minimum Gasteiger partial charge on any atom is -0.349 e. The molecule has 0 bridgehead atoms. The van der Waals surface area contributed by atoms with Crippen LogP contribution in [-0.2, 0) is 24.8 Å². The number of hydrogen-bond acceptors (Lipinski definition) is 4. The molecule has 0 fully saturated rings. The second kappa shape index (κ2) is 6.37. The van der Waals surface area contributed by atoms with E-state index in [-0.39, 0.29) is 17.9 Å². The minimum atomic E-state index is -0.0291. The van der Waals surface area contributed by atoms with Crippen LogP contribution in [0.4, 0.5) is 0 Å². The Morgan fingerprint density at radius 2 is 2.08 bits per heavy atom. The molecule has 1 aliphatic rings. The predicted octanol–water partition coefficient (Wildman–Crippen LogP) is 1.77. The second-order valence-corrected chi connectivity index (χ2v) is 6.69. The van der Waals surface area contributed by atoms with Gasteiger partial charge in [-0.3, -0.25) is 9.48 Å². The first-order chi connectivity index (χ1) is 11.4. The summed E-state index contributed by atoms with van der Waals surface area (Å²) >= 11 is 0. The fraction of sp³-hybridized carbons (Fsp3) is 0.647. The van der Waals surface area contributed by atoms with E-state index >= 15 is 0 Å². The largest absolute Gasteiger partial charge is 0.349 e. The van der Waals surface area contributed by atoms with Gasteiger partial charge >= 0.3 is 0 Å². The van der Waals surface area contributed by atoms with Gasteiger partial charge in [0.15, 0.2) is 0 Å². The van der Waals surface area contributed by atoms with Crippen LogP contribution in [0.3, 0.4) is 0 Å². The van der Waals surface area contributed by atoms with Crippen LogP contribution in [-0.4, -0.2) is 30.5 Å². The van der Waals surface area contributed by atoms with Gasteiger partial charge in [0, 0.05) is 31.3 Å². The summed E-state index contributed by atoms with van der Waals surface area (Å²) in [5.74, 6) is 1.96. The van der Waals surface area contributed by atoms with Gasteiger partial charge in [-0.05, 0) is 33.6 Å². The SMILES string of the molecule is CC[C@H](NC(=O)[C@H]1CCc2nnc(C)n2C1)c1c(C)nn(C)c1C. The molecule has 7 nitrogen and oxygen atoms in total. The third-order valence-corrected chi connectivity index (χ3v) is 5.14. The molecule has 0 aromatic carbocycles. The van der Waals surface area contributed by atoms with Gasteiger partial charge in [0.1, 0.15) is 11.6 Å². The summed E-state index contributed by atoms with van der Waals surface area (Å²) in [4.78, 5) is 12.8. The minimum absolute atomic E-state index is 0.00889. The number of rotatable bonds is 4. The Morgan fingerprint density at radius 1 is 1.33 bits per heavy atom. The Hall–Kier alpha value is -2.18. The summed E-state index contributed by atoms with van der Waals surface area (Å²) in [6.45, 7) is 8.76. The molecule has 7 heteroatoms. The van der Waals surface area contributed by atoms with Crippen LogP contribution in [0.5, 0.6) is 0 Å². The molecule has 24 heavy (non-hydrogen) atoms. The van der Waals surface area contributed by atoms with Gasteiger partial charge in [-0.15, -0.1) is 10.2 Å². The highest BCUT2D eigenvalue weighted by Gasteiger charge is 2.29. The molecular formula is C17H26N6O. The summed E-state index contributed by atoms with van der Waals surface area (Å²) in [5, 5.41) is 16.0. The van der Waals surface area contributed by atoms with E-state index in [2.05, 4.69) is 39.0 Å². The maximum atomic E-state index is 12.8. The lowest BCUT2D eigenvalue weighted by Gasteiger charge is -2.26. The van der Waals surface area contributed by atoms with E-state index in [0.717, 1.165) is 47.9 Å². The monoisotopic (exact) mass is 330 g/mol. The highest BCUT2D eigenvalue weighted by Crippen LogP contribution is 2.26. The molecule has 1 amide bonds. The van der Waals surface area contributed by atoms with Crippen LogP contribution in [0.25, 0.3) is 0 Å². The Kier molecular flexibility index (Phi) is 4.43. The zero-order valence-corrected chi connectivity index (χ0v) is 15.1. The van der Waals surface area contributed by atoms with Crippen molar-refractivity contribution in [1.82, 2.24) is 29.9 Å². The lowest BCUT2D eigenvalue weighted by atomic mass is 9.96. The average molecular weight is 330 g/mol. The number of carbonyl (C=O) groups excluding carboxylic acids is 1. The van der Waals surface area contributed by atoms with Crippen molar-refractivity contribution < 1.29 is 4.79 Å². The number of aryl methyl sites for hydroxylation is 4. The van der Waals surface area contributed by atoms with E-state index in [1.54, 1.807) is 0 Å². The van der Waals surface area contributed by atoms with Gasteiger partial charge in [0.2, 0.25) is 5.91 Å². The summed E-state index contributed by atoms with van der Waals surface area (Å²) in [7, 11) is 1.94. The Morgan fingerprint density at radius 3 is 2.71 bits per heavy atom. The maximum absolute atomic E-state index is 12.8. The number of aromatic nitrogens is 5. The molecule has 2 atom stereocenters. The summed E-state index contributed by atoms with van der Waals surface area (Å²) in [5.41, 5.74) is 3.24. The zero-order valence-electron chi connectivity index (χ0n) is 15.1. The van der Waals surface area contributed by atoms with E-state index in [9.17, 15) is 4.79 Å². The smallest absolute Gasteiger partial charge is 0.225 e. The lowest BCUT2D eigenvalue weighted by molar-refractivity contribution is -0.126. The summed E-state index contributed by atoms with van der Waals surface area (Å²) < 4.78 is 3.95. The average Bonchev–Trinajstić information content (AvgIpc) is 3.05. The highest BCUT2D eigenvalue weighted by molar-refractivity contribution is 5.79. The fourth-order valence-corrected chi connectivity index (χ4v) is 3.64. The van der Waals surface area contributed by atoms with Crippen LogP contribution in [0, 0.1) is 26.7 Å². The molecule has 3 heterocycles. The Bertz CT molecular complexity index is 759. The van der Waals surface area contributed by atoms with Gasteiger partial charge in [0.25, 0.3) is 0 Å². The van der Waals surface area contributed by atoms with Crippen LogP contribution in [0.1, 0.15) is 54.4 Å². The van der Waals surface area contributed by atoms with E-state index in [0.29, 0.717) is 6.54 Å². The first kappa shape index (κ1) is 16.7. The number of nitrogens with one attached hydrogen (secondary N) is 1. The molecular weight excluding hydrogens is 304 g/mol. The number of hydrogen-bond donors (Lipinski definition) is 1. The fourth-order valence-electron chi connectivity index (χ4n) is 3.64. The van der Waals surface area contributed by atoms with Crippen molar-refractivity contribution in [2.45, 2.75) is 59.5 Å². The third kappa shape index (κ3) is 2.83.